The van der Waals surface area contributed by atoms with Crippen LogP contribution in [0.5, 0.6) is 0 Å². The summed E-state index contributed by atoms with van der Waals surface area (Å²) in [5.74, 6) is -0.769. The number of piperidine rings is 1. The van der Waals surface area contributed by atoms with Crippen LogP contribution < -0.4 is 10.6 Å². The zero-order valence-corrected chi connectivity index (χ0v) is 18.9. The Kier molecular flexibility index (Phi) is 5.92. The lowest BCUT2D eigenvalue weighted by Gasteiger charge is -2.41. The maximum Gasteiger partial charge on any atom is 0.255 e. The van der Waals surface area contributed by atoms with Crippen molar-refractivity contribution in [2.45, 2.75) is 84.5 Å². The first-order valence-electron chi connectivity index (χ1n) is 10.8. The quantitative estimate of drug-likeness (QED) is 0.731. The molecule has 1 unspecified atom stereocenters. The van der Waals surface area contributed by atoms with E-state index >= 15 is 0 Å². The lowest BCUT2D eigenvalue weighted by Crippen LogP contribution is -2.53. The van der Waals surface area contributed by atoms with Gasteiger partial charge in [-0.2, -0.15) is 0 Å². The largest absolute Gasteiger partial charge is 0.322 e. The molecule has 0 radical (unpaired) electrons. The van der Waals surface area contributed by atoms with E-state index in [4.69, 9.17) is 0 Å². The van der Waals surface area contributed by atoms with Crippen LogP contribution in [0.25, 0.3) is 5.57 Å². The molecule has 162 valence electrons. The number of hydrogen-bond donors (Lipinski definition) is 2. The Labute approximate surface area is 179 Å². The molecule has 1 aromatic carbocycles. The van der Waals surface area contributed by atoms with Crippen molar-refractivity contribution < 1.29 is 14.4 Å². The van der Waals surface area contributed by atoms with E-state index in [0.29, 0.717) is 18.5 Å². The number of carbonyl (C=O) groups excluding carboxylic acids is 3. The zero-order valence-electron chi connectivity index (χ0n) is 18.9. The van der Waals surface area contributed by atoms with Gasteiger partial charge >= 0.3 is 0 Å². The monoisotopic (exact) mass is 411 g/mol. The van der Waals surface area contributed by atoms with Gasteiger partial charge in [0.1, 0.15) is 6.04 Å². The third-order valence-corrected chi connectivity index (χ3v) is 5.72. The fourth-order valence-electron chi connectivity index (χ4n) is 4.87. The van der Waals surface area contributed by atoms with E-state index in [9.17, 15) is 14.4 Å². The molecule has 6 heteroatoms. The van der Waals surface area contributed by atoms with Crippen LogP contribution in [-0.4, -0.2) is 39.7 Å². The molecule has 1 aromatic rings. The van der Waals surface area contributed by atoms with Gasteiger partial charge in [-0.15, -0.1) is 0 Å². The molecule has 3 amide bonds. The summed E-state index contributed by atoms with van der Waals surface area (Å²) in [5.41, 5.74) is 3.87. The predicted octanol–water partition coefficient (Wildman–Crippen LogP) is 3.41. The first-order valence-corrected chi connectivity index (χ1v) is 10.8. The van der Waals surface area contributed by atoms with Crippen LogP contribution in [0.4, 0.5) is 0 Å². The van der Waals surface area contributed by atoms with Crippen molar-refractivity contribution in [2.24, 2.45) is 0 Å². The highest BCUT2D eigenvalue weighted by molar-refractivity contribution is 6.05. The van der Waals surface area contributed by atoms with Gasteiger partial charge in [0.25, 0.3) is 5.91 Å². The summed E-state index contributed by atoms with van der Waals surface area (Å²) in [7, 11) is 0. The topological polar surface area (TPSA) is 78.5 Å². The molecular formula is C24H33N3O3. The van der Waals surface area contributed by atoms with Crippen LogP contribution in [-0.2, 0) is 16.1 Å². The molecule has 0 bridgehead atoms. The number of hydrogen-bond acceptors (Lipinski definition) is 4. The van der Waals surface area contributed by atoms with Crippen LogP contribution in [0.3, 0.4) is 0 Å². The molecule has 3 heterocycles. The SMILES string of the molecule is CC.CC1(C)C=C(c2ccc3c(c2)CN(C2CCC(=O)NC2=O)C3=O)CC(C)(C)N1. The van der Waals surface area contributed by atoms with Crippen molar-refractivity contribution in [1.29, 1.82) is 0 Å². The molecule has 0 saturated carbocycles. The van der Waals surface area contributed by atoms with Crippen molar-refractivity contribution in [2.75, 3.05) is 0 Å². The molecule has 1 fully saturated rings. The molecule has 6 nitrogen and oxygen atoms in total. The van der Waals surface area contributed by atoms with Gasteiger partial charge in [0.2, 0.25) is 11.8 Å². The first kappa shape index (κ1) is 22.2. The normalized spacial score (nSPS) is 24.5. The van der Waals surface area contributed by atoms with Crippen LogP contribution in [0.15, 0.2) is 24.3 Å². The number of imide groups is 1. The van der Waals surface area contributed by atoms with Crippen LogP contribution >= 0.6 is 0 Å². The van der Waals surface area contributed by atoms with Crippen molar-refractivity contribution >= 4 is 23.3 Å². The second-order valence-corrected chi connectivity index (χ2v) is 9.35. The second kappa shape index (κ2) is 7.99. The molecule has 4 rings (SSSR count). The first-order chi connectivity index (χ1) is 14.0. The fraction of sp³-hybridized carbons (Fsp3) is 0.542. The minimum atomic E-state index is -0.572. The molecule has 0 aliphatic carbocycles. The molecule has 30 heavy (non-hydrogen) atoms. The Morgan fingerprint density at radius 3 is 2.40 bits per heavy atom. The predicted molar refractivity (Wildman–Crippen MR) is 118 cm³/mol. The summed E-state index contributed by atoms with van der Waals surface area (Å²) < 4.78 is 0. The average molecular weight is 412 g/mol. The highest BCUT2D eigenvalue weighted by Crippen LogP contribution is 2.36. The molecular weight excluding hydrogens is 378 g/mol. The minimum Gasteiger partial charge on any atom is -0.322 e. The zero-order chi connectivity index (χ0) is 22.3. The molecule has 1 saturated heterocycles. The number of amides is 3. The van der Waals surface area contributed by atoms with Gasteiger partial charge in [-0.25, -0.2) is 0 Å². The van der Waals surface area contributed by atoms with Gasteiger partial charge in [-0.3, -0.25) is 19.7 Å². The molecule has 3 aliphatic rings. The second-order valence-electron chi connectivity index (χ2n) is 9.35. The lowest BCUT2D eigenvalue weighted by atomic mass is 9.80. The van der Waals surface area contributed by atoms with Crippen molar-refractivity contribution in [3.05, 3.63) is 41.0 Å². The summed E-state index contributed by atoms with van der Waals surface area (Å²) in [4.78, 5) is 38.1. The van der Waals surface area contributed by atoms with Gasteiger partial charge in [-0.05, 0) is 69.4 Å². The summed E-state index contributed by atoms with van der Waals surface area (Å²) in [6, 6.07) is 5.40. The molecule has 2 N–H and O–H groups in total. The lowest BCUT2D eigenvalue weighted by molar-refractivity contribution is -0.136. The van der Waals surface area contributed by atoms with Crippen molar-refractivity contribution in [3.8, 4) is 0 Å². The molecule has 0 spiro atoms. The smallest absolute Gasteiger partial charge is 0.255 e. The maximum atomic E-state index is 12.9. The maximum absolute atomic E-state index is 12.9. The Balaban J connectivity index is 0.00000124. The van der Waals surface area contributed by atoms with E-state index in [1.807, 2.05) is 26.0 Å². The summed E-state index contributed by atoms with van der Waals surface area (Å²) in [5, 5.41) is 5.99. The minimum absolute atomic E-state index is 0.0127. The number of nitrogens with one attached hydrogen (secondary N) is 2. The molecule has 0 aromatic heterocycles. The van der Waals surface area contributed by atoms with Crippen LogP contribution in [0.2, 0.25) is 0 Å². The van der Waals surface area contributed by atoms with E-state index in [1.165, 1.54) is 5.57 Å². The Morgan fingerprint density at radius 2 is 1.77 bits per heavy atom. The van der Waals surface area contributed by atoms with E-state index in [-0.39, 0.29) is 35.2 Å². The summed E-state index contributed by atoms with van der Waals surface area (Å²) in [6.45, 7) is 13.1. The van der Waals surface area contributed by atoms with Gasteiger partial charge in [-0.1, -0.05) is 26.0 Å². The summed E-state index contributed by atoms with van der Waals surface area (Å²) >= 11 is 0. The number of nitrogens with zero attached hydrogens (tertiary/aromatic N) is 1. The highest BCUT2D eigenvalue weighted by atomic mass is 16.2. The van der Waals surface area contributed by atoms with E-state index in [1.54, 1.807) is 4.90 Å². The number of carbonyl (C=O) groups is 3. The van der Waals surface area contributed by atoms with Gasteiger partial charge in [0, 0.05) is 29.6 Å². The summed E-state index contributed by atoms with van der Waals surface area (Å²) in [6.07, 6.45) is 3.82. The van der Waals surface area contributed by atoms with Crippen LogP contribution in [0, 0.1) is 0 Å². The average Bonchev–Trinajstić information content (AvgIpc) is 2.97. The van der Waals surface area contributed by atoms with Crippen molar-refractivity contribution in [3.63, 3.8) is 0 Å². The van der Waals surface area contributed by atoms with E-state index < -0.39 is 6.04 Å². The highest BCUT2D eigenvalue weighted by Gasteiger charge is 2.39. The van der Waals surface area contributed by atoms with Gasteiger partial charge in [0.15, 0.2) is 0 Å². The fourth-order valence-corrected chi connectivity index (χ4v) is 4.87. The molecule has 3 aliphatic heterocycles. The van der Waals surface area contributed by atoms with Crippen molar-refractivity contribution in [1.82, 2.24) is 15.5 Å². The van der Waals surface area contributed by atoms with E-state index in [0.717, 1.165) is 17.5 Å². The molecule has 1 atom stereocenters. The third-order valence-electron chi connectivity index (χ3n) is 5.72. The standard InChI is InChI=1S/C22H27N3O3.C2H6/c1-21(2)10-15(11-22(3,4)24-21)13-5-6-16-14(9-13)12-25(20(16)28)17-7-8-18(26)23-19(17)27;1-2/h5-6,9-10,17,24H,7-8,11-12H2,1-4H3,(H,23,26,27);1-2H3. The number of fused-ring (bicyclic) bond motifs is 1. The Hall–Kier alpha value is -2.47. The third kappa shape index (κ3) is 4.33. The van der Waals surface area contributed by atoms with Crippen LogP contribution in [0.1, 0.15) is 82.3 Å². The van der Waals surface area contributed by atoms with Gasteiger partial charge < -0.3 is 10.2 Å². The number of benzene rings is 1. The van der Waals surface area contributed by atoms with Gasteiger partial charge in [0.05, 0.1) is 0 Å². The van der Waals surface area contributed by atoms with E-state index in [2.05, 4.69) is 50.5 Å². The Bertz CT molecular complexity index is 914. The number of rotatable bonds is 2. The Morgan fingerprint density at radius 1 is 1.07 bits per heavy atom.